The molecule has 0 bridgehead atoms. The molecule has 1 aromatic carbocycles. The van der Waals surface area contributed by atoms with Gasteiger partial charge in [-0.1, -0.05) is 19.9 Å². The Morgan fingerprint density at radius 1 is 1.33 bits per heavy atom. The highest BCUT2D eigenvalue weighted by molar-refractivity contribution is 9.10. The van der Waals surface area contributed by atoms with Crippen molar-refractivity contribution in [2.24, 2.45) is 0 Å². The molecule has 1 aliphatic rings. The van der Waals surface area contributed by atoms with Crippen LogP contribution in [0.4, 0.5) is 0 Å². The van der Waals surface area contributed by atoms with Crippen LogP contribution < -0.4 is 10.1 Å². The zero-order valence-corrected chi connectivity index (χ0v) is 18.4. The third-order valence-electron chi connectivity index (χ3n) is 4.19. The normalized spacial score (nSPS) is 13.7. The average molecular weight is 454 g/mol. The summed E-state index contributed by atoms with van der Waals surface area (Å²) in [6, 6.07) is 6.10. The van der Waals surface area contributed by atoms with E-state index >= 15 is 0 Å². The van der Waals surface area contributed by atoms with E-state index in [4.69, 9.17) is 4.74 Å². The number of hydrogen-bond donors (Lipinski definition) is 1. The third kappa shape index (κ3) is 7.24. The van der Waals surface area contributed by atoms with Crippen molar-refractivity contribution < 1.29 is 9.53 Å². The highest BCUT2D eigenvalue weighted by Gasteiger charge is 2.11. The van der Waals surface area contributed by atoms with Gasteiger partial charge in [0.15, 0.2) is 5.01 Å². The number of rotatable bonds is 8. The van der Waals surface area contributed by atoms with E-state index < -0.39 is 0 Å². The molecule has 1 fully saturated rings. The molecule has 2 aromatic rings. The van der Waals surface area contributed by atoms with E-state index in [0.717, 1.165) is 28.8 Å². The number of thiazole rings is 1. The molecule has 3 rings (SSSR count). The topological polar surface area (TPSA) is 54.5 Å². The van der Waals surface area contributed by atoms with Crippen LogP contribution in [0.15, 0.2) is 34.2 Å². The molecule has 2 heterocycles. The number of benzene rings is 1. The van der Waals surface area contributed by atoms with Gasteiger partial charge < -0.3 is 10.1 Å². The van der Waals surface area contributed by atoms with Crippen molar-refractivity contribution in [1.29, 1.82) is 0 Å². The number of hydrogen-bond acceptors (Lipinski definition) is 5. The number of halogens is 1. The van der Waals surface area contributed by atoms with Gasteiger partial charge in [0.2, 0.25) is 0 Å². The maximum absolute atomic E-state index is 11.8. The van der Waals surface area contributed by atoms with Crippen molar-refractivity contribution in [3.63, 3.8) is 0 Å². The van der Waals surface area contributed by atoms with E-state index in [9.17, 15) is 4.79 Å². The lowest BCUT2D eigenvalue weighted by Gasteiger charge is -2.15. The van der Waals surface area contributed by atoms with Gasteiger partial charge in [-0.25, -0.2) is 4.98 Å². The molecule has 0 radical (unpaired) electrons. The Morgan fingerprint density at radius 2 is 2.11 bits per heavy atom. The summed E-state index contributed by atoms with van der Waals surface area (Å²) < 4.78 is 6.84. The predicted molar refractivity (Wildman–Crippen MR) is 115 cm³/mol. The van der Waals surface area contributed by atoms with Gasteiger partial charge in [-0.2, -0.15) is 0 Å². The Hall–Kier alpha value is -1.44. The van der Waals surface area contributed by atoms with Crippen molar-refractivity contribution >= 4 is 33.2 Å². The van der Waals surface area contributed by atoms with Crippen molar-refractivity contribution in [3.8, 4) is 5.75 Å². The minimum absolute atomic E-state index is 0.115. The summed E-state index contributed by atoms with van der Waals surface area (Å²) in [5.74, 6) is 0.755. The van der Waals surface area contributed by atoms with Crippen molar-refractivity contribution in [2.75, 3.05) is 32.8 Å². The lowest BCUT2D eigenvalue weighted by atomic mass is 10.1. The maximum Gasteiger partial charge on any atom is 0.280 e. The fourth-order valence-corrected chi connectivity index (χ4v) is 3.93. The van der Waals surface area contributed by atoms with Crippen molar-refractivity contribution in [2.45, 2.75) is 33.1 Å². The molecule has 148 valence electrons. The zero-order chi connectivity index (χ0) is 19.5. The van der Waals surface area contributed by atoms with Gasteiger partial charge in [-0.15, -0.1) is 11.3 Å². The average Bonchev–Trinajstić information content (AvgIpc) is 3.39. The Labute approximate surface area is 174 Å². The summed E-state index contributed by atoms with van der Waals surface area (Å²) >= 11 is 4.93. The largest absolute Gasteiger partial charge is 0.491 e. The number of nitrogens with one attached hydrogen (secondary N) is 1. The Bertz CT molecular complexity index is 689. The van der Waals surface area contributed by atoms with Crippen LogP contribution in [0.1, 0.15) is 42.1 Å². The molecular weight excluding hydrogens is 426 g/mol. The summed E-state index contributed by atoms with van der Waals surface area (Å²) in [5.41, 5.74) is 1.15. The van der Waals surface area contributed by atoms with Crippen LogP contribution in [-0.2, 0) is 6.42 Å². The lowest BCUT2D eigenvalue weighted by Crippen LogP contribution is -2.25. The molecule has 27 heavy (non-hydrogen) atoms. The lowest BCUT2D eigenvalue weighted by molar-refractivity contribution is 0.0954. The smallest absolute Gasteiger partial charge is 0.280 e. The first-order valence-electron chi connectivity index (χ1n) is 9.53. The van der Waals surface area contributed by atoms with Crippen LogP contribution >= 0.6 is 27.3 Å². The maximum atomic E-state index is 11.8. The van der Waals surface area contributed by atoms with E-state index in [1.54, 1.807) is 11.6 Å². The van der Waals surface area contributed by atoms with E-state index in [2.05, 4.69) is 37.2 Å². The number of aromatic nitrogens is 1. The van der Waals surface area contributed by atoms with E-state index in [0.29, 0.717) is 18.2 Å². The first-order valence-corrected chi connectivity index (χ1v) is 11.2. The van der Waals surface area contributed by atoms with Gasteiger partial charge in [0.05, 0.1) is 4.47 Å². The summed E-state index contributed by atoms with van der Waals surface area (Å²) in [6.45, 7) is 8.66. The van der Waals surface area contributed by atoms with Gasteiger partial charge in [0.25, 0.3) is 5.91 Å². The molecule has 5 nitrogen and oxygen atoms in total. The van der Waals surface area contributed by atoms with E-state index in [1.165, 1.54) is 37.3 Å². The van der Waals surface area contributed by atoms with Gasteiger partial charge in [-0.3, -0.25) is 9.69 Å². The second kappa shape index (κ2) is 12.1. The molecule has 0 aliphatic carbocycles. The number of likely N-dealkylation sites (tertiary alicyclic amines) is 1. The molecule has 1 N–H and O–H groups in total. The number of ether oxygens (including phenoxy) is 1. The van der Waals surface area contributed by atoms with Crippen LogP contribution in [-0.4, -0.2) is 48.6 Å². The standard InChI is InChI=1S/C18H22BrN3O2S.C2H6/c19-15-13-14(5-6-20-17(23)18-21-7-12-25-18)3-4-16(15)24-11-10-22-8-1-2-9-22;1-2/h3-4,7,12-13H,1-2,5-6,8-11H2,(H,20,23);1-2H3. The first-order chi connectivity index (χ1) is 13.2. The summed E-state index contributed by atoms with van der Waals surface area (Å²) in [5, 5.41) is 5.19. The third-order valence-corrected chi connectivity index (χ3v) is 5.58. The Morgan fingerprint density at radius 3 is 2.78 bits per heavy atom. The second-order valence-electron chi connectivity index (χ2n) is 6.01. The van der Waals surface area contributed by atoms with Gasteiger partial charge in [-0.05, 0) is 66.0 Å². The minimum Gasteiger partial charge on any atom is -0.491 e. The molecule has 1 amide bonds. The predicted octanol–water partition coefficient (Wildman–Crippen LogP) is 4.38. The number of carbonyl (C=O) groups excluding carboxylic acids is 1. The minimum atomic E-state index is -0.115. The molecule has 1 saturated heterocycles. The fraction of sp³-hybridized carbons (Fsp3) is 0.500. The molecule has 0 unspecified atom stereocenters. The second-order valence-corrected chi connectivity index (χ2v) is 7.75. The van der Waals surface area contributed by atoms with Crippen LogP contribution in [0.25, 0.3) is 0 Å². The first kappa shape index (κ1) is 21.9. The number of amides is 1. The summed E-state index contributed by atoms with van der Waals surface area (Å²) in [4.78, 5) is 18.3. The molecule has 0 atom stereocenters. The van der Waals surface area contributed by atoms with E-state index in [-0.39, 0.29) is 5.91 Å². The van der Waals surface area contributed by atoms with Crippen molar-refractivity contribution in [3.05, 3.63) is 44.8 Å². The quantitative estimate of drug-likeness (QED) is 0.644. The fourth-order valence-electron chi connectivity index (χ4n) is 2.84. The highest BCUT2D eigenvalue weighted by atomic mass is 79.9. The zero-order valence-electron chi connectivity index (χ0n) is 16.0. The van der Waals surface area contributed by atoms with Crippen LogP contribution in [0.3, 0.4) is 0 Å². The molecule has 0 saturated carbocycles. The van der Waals surface area contributed by atoms with Crippen LogP contribution in [0.2, 0.25) is 0 Å². The van der Waals surface area contributed by atoms with Gasteiger partial charge >= 0.3 is 0 Å². The Kier molecular flexibility index (Phi) is 9.80. The highest BCUT2D eigenvalue weighted by Crippen LogP contribution is 2.26. The van der Waals surface area contributed by atoms with Crippen LogP contribution in [0.5, 0.6) is 5.75 Å². The molecule has 7 heteroatoms. The SMILES string of the molecule is CC.O=C(NCCc1ccc(OCCN2CCCC2)c(Br)c1)c1nccs1. The van der Waals surface area contributed by atoms with E-state index in [1.807, 2.05) is 26.0 Å². The molecular formula is C20H28BrN3O2S. The molecule has 1 aromatic heterocycles. The van der Waals surface area contributed by atoms with Gasteiger partial charge in [0.1, 0.15) is 12.4 Å². The number of nitrogens with zero attached hydrogens (tertiary/aromatic N) is 2. The summed E-state index contributed by atoms with van der Waals surface area (Å²) in [6.07, 6.45) is 5.01. The number of carbonyl (C=O) groups is 1. The Balaban J connectivity index is 0.00000126. The van der Waals surface area contributed by atoms with Crippen molar-refractivity contribution in [1.82, 2.24) is 15.2 Å². The monoisotopic (exact) mass is 453 g/mol. The summed E-state index contributed by atoms with van der Waals surface area (Å²) in [7, 11) is 0. The molecule has 1 aliphatic heterocycles. The van der Waals surface area contributed by atoms with Gasteiger partial charge in [0, 0.05) is 24.7 Å². The molecule has 0 spiro atoms. The van der Waals surface area contributed by atoms with Crippen LogP contribution in [0, 0.1) is 0 Å².